The van der Waals surface area contributed by atoms with Crippen LogP contribution < -0.4 is 4.74 Å². The van der Waals surface area contributed by atoms with E-state index in [4.69, 9.17) is 15.0 Å². The van der Waals surface area contributed by atoms with Crippen molar-refractivity contribution >= 4 is 5.91 Å². The molecule has 1 fully saturated rings. The van der Waals surface area contributed by atoms with E-state index in [-0.39, 0.29) is 0 Å². The highest BCUT2D eigenvalue weighted by Gasteiger charge is 2.09. The van der Waals surface area contributed by atoms with Gasteiger partial charge in [0.15, 0.2) is 0 Å². The van der Waals surface area contributed by atoms with Crippen LogP contribution in [0.25, 0.3) is 10.4 Å². The minimum Gasteiger partial charge on any atom is -0.492 e. The van der Waals surface area contributed by atoms with Crippen molar-refractivity contribution in [1.29, 1.82) is 0 Å². The highest BCUT2D eigenvalue weighted by atomic mass is 16.5. The lowest BCUT2D eigenvalue weighted by Crippen LogP contribution is -2.38. The number of morpholine rings is 1. The van der Waals surface area contributed by atoms with Crippen molar-refractivity contribution in [3.63, 3.8) is 0 Å². The number of hydrogen-bond donors (Lipinski definition) is 0. The second-order valence-corrected chi connectivity index (χ2v) is 4.32. The first-order valence-corrected chi connectivity index (χ1v) is 6.42. The Kier molecular flexibility index (Phi) is 5.37. The number of benzene rings is 1. The number of azide groups is 1. The van der Waals surface area contributed by atoms with Crippen LogP contribution in [0.15, 0.2) is 29.4 Å². The van der Waals surface area contributed by atoms with Gasteiger partial charge in [0, 0.05) is 30.1 Å². The van der Waals surface area contributed by atoms with Crippen molar-refractivity contribution in [2.45, 2.75) is 0 Å². The van der Waals surface area contributed by atoms with Gasteiger partial charge in [-0.2, -0.15) is 0 Å². The Morgan fingerprint density at radius 3 is 2.70 bits per heavy atom. The number of carbonyl (C=O) groups is 1. The van der Waals surface area contributed by atoms with Gasteiger partial charge in [-0.3, -0.25) is 9.69 Å². The van der Waals surface area contributed by atoms with Crippen molar-refractivity contribution in [3.05, 3.63) is 40.3 Å². The predicted octanol–water partition coefficient (Wildman–Crippen LogP) is 1.85. The van der Waals surface area contributed by atoms with Crippen molar-refractivity contribution in [1.82, 2.24) is 4.90 Å². The molecular formula is C13H16N4O3. The fourth-order valence-corrected chi connectivity index (χ4v) is 1.91. The van der Waals surface area contributed by atoms with E-state index in [0.717, 1.165) is 32.8 Å². The van der Waals surface area contributed by atoms with Crippen LogP contribution in [0.4, 0.5) is 0 Å². The fraction of sp³-hybridized carbons (Fsp3) is 0.462. The van der Waals surface area contributed by atoms with Crippen molar-refractivity contribution in [3.8, 4) is 5.75 Å². The van der Waals surface area contributed by atoms with Crippen molar-refractivity contribution < 1.29 is 14.3 Å². The van der Waals surface area contributed by atoms with Crippen LogP contribution in [0.1, 0.15) is 10.4 Å². The molecule has 1 aliphatic heterocycles. The maximum absolute atomic E-state index is 11.3. The Hall–Kier alpha value is -2.08. The lowest BCUT2D eigenvalue weighted by Gasteiger charge is -2.26. The molecule has 0 aromatic heterocycles. The number of hydrogen-bond acceptors (Lipinski definition) is 4. The van der Waals surface area contributed by atoms with E-state index in [2.05, 4.69) is 14.9 Å². The van der Waals surface area contributed by atoms with E-state index in [1.54, 1.807) is 24.3 Å². The monoisotopic (exact) mass is 276 g/mol. The van der Waals surface area contributed by atoms with Crippen molar-refractivity contribution in [2.75, 3.05) is 39.5 Å². The predicted molar refractivity (Wildman–Crippen MR) is 72.7 cm³/mol. The minimum atomic E-state index is -0.590. The lowest BCUT2D eigenvalue weighted by molar-refractivity contribution is 0.0322. The molecule has 0 N–H and O–H groups in total. The zero-order chi connectivity index (χ0) is 14.2. The van der Waals surface area contributed by atoms with Gasteiger partial charge in [-0.1, -0.05) is 0 Å². The molecule has 1 saturated heterocycles. The first-order valence-electron chi connectivity index (χ1n) is 6.42. The first-order chi connectivity index (χ1) is 9.79. The van der Waals surface area contributed by atoms with Crippen LogP contribution in [0.5, 0.6) is 5.75 Å². The molecule has 0 bridgehead atoms. The van der Waals surface area contributed by atoms with Crippen LogP contribution in [-0.2, 0) is 4.74 Å². The summed E-state index contributed by atoms with van der Waals surface area (Å²) in [5.74, 6) is 0.100. The molecule has 7 nitrogen and oxygen atoms in total. The van der Waals surface area contributed by atoms with Crippen LogP contribution in [0.2, 0.25) is 0 Å². The Labute approximate surface area is 116 Å². The molecule has 1 aromatic rings. The first kappa shape index (κ1) is 14.3. The van der Waals surface area contributed by atoms with Gasteiger partial charge in [-0.25, -0.2) is 0 Å². The summed E-state index contributed by atoms with van der Waals surface area (Å²) in [6.07, 6.45) is 0. The Morgan fingerprint density at radius 1 is 1.35 bits per heavy atom. The highest BCUT2D eigenvalue weighted by Crippen LogP contribution is 2.13. The third-order valence-electron chi connectivity index (χ3n) is 3.02. The molecule has 0 spiro atoms. The molecule has 20 heavy (non-hydrogen) atoms. The molecule has 0 atom stereocenters. The summed E-state index contributed by atoms with van der Waals surface area (Å²) in [6.45, 7) is 4.85. The van der Waals surface area contributed by atoms with E-state index in [1.807, 2.05) is 0 Å². The highest BCUT2D eigenvalue weighted by molar-refractivity contribution is 5.94. The molecule has 1 aromatic carbocycles. The number of rotatable bonds is 5. The largest absolute Gasteiger partial charge is 0.492 e. The molecule has 0 aliphatic carbocycles. The summed E-state index contributed by atoms with van der Waals surface area (Å²) < 4.78 is 10.9. The molecule has 0 saturated carbocycles. The topological polar surface area (TPSA) is 87.5 Å². The summed E-state index contributed by atoms with van der Waals surface area (Å²) in [4.78, 5) is 16.0. The number of ether oxygens (including phenoxy) is 2. The fourth-order valence-electron chi connectivity index (χ4n) is 1.91. The number of amides is 1. The van der Waals surface area contributed by atoms with E-state index in [9.17, 15) is 4.79 Å². The molecule has 1 amide bonds. The minimum absolute atomic E-state index is 0.350. The maximum atomic E-state index is 11.3. The second kappa shape index (κ2) is 7.49. The van der Waals surface area contributed by atoms with Crippen LogP contribution in [0.3, 0.4) is 0 Å². The average molecular weight is 276 g/mol. The maximum Gasteiger partial charge on any atom is 0.249 e. The van der Waals surface area contributed by atoms with E-state index < -0.39 is 5.91 Å². The lowest BCUT2D eigenvalue weighted by atomic mass is 10.2. The molecule has 0 unspecified atom stereocenters. The third kappa shape index (κ3) is 4.24. The summed E-state index contributed by atoms with van der Waals surface area (Å²) in [5.41, 5.74) is 8.54. The van der Waals surface area contributed by atoms with E-state index >= 15 is 0 Å². The molecule has 2 rings (SSSR count). The van der Waals surface area contributed by atoms with Crippen LogP contribution >= 0.6 is 0 Å². The van der Waals surface area contributed by atoms with Crippen LogP contribution in [0, 0.1) is 0 Å². The van der Waals surface area contributed by atoms with Gasteiger partial charge in [-0.05, 0) is 34.9 Å². The van der Waals surface area contributed by atoms with Gasteiger partial charge in [-0.15, -0.1) is 0 Å². The van der Waals surface area contributed by atoms with Crippen molar-refractivity contribution in [2.24, 2.45) is 5.11 Å². The van der Waals surface area contributed by atoms with E-state index in [1.165, 1.54) is 0 Å². The summed E-state index contributed by atoms with van der Waals surface area (Å²) in [6, 6.07) is 6.56. The van der Waals surface area contributed by atoms with Gasteiger partial charge in [0.05, 0.1) is 13.2 Å². The Bertz CT molecular complexity index is 491. The molecular weight excluding hydrogens is 260 g/mol. The van der Waals surface area contributed by atoms with Gasteiger partial charge >= 0.3 is 0 Å². The summed E-state index contributed by atoms with van der Waals surface area (Å²) in [5, 5.41) is 3.03. The van der Waals surface area contributed by atoms with E-state index in [0.29, 0.717) is 17.9 Å². The van der Waals surface area contributed by atoms with Gasteiger partial charge in [0.2, 0.25) is 5.91 Å². The average Bonchev–Trinajstić information content (AvgIpc) is 2.49. The summed E-state index contributed by atoms with van der Waals surface area (Å²) in [7, 11) is 0. The zero-order valence-corrected chi connectivity index (χ0v) is 11.1. The van der Waals surface area contributed by atoms with Gasteiger partial charge in [0.25, 0.3) is 0 Å². The molecule has 1 heterocycles. The Balaban J connectivity index is 1.78. The standard InChI is InChI=1S/C13H16N4O3/c14-16-15-13(18)11-1-3-12(4-2-11)20-10-7-17-5-8-19-9-6-17/h1-4H,5-10H2. The van der Waals surface area contributed by atoms with Gasteiger partial charge < -0.3 is 9.47 Å². The number of nitrogens with zero attached hydrogens (tertiary/aromatic N) is 4. The normalized spacial score (nSPS) is 15.4. The third-order valence-corrected chi connectivity index (χ3v) is 3.02. The van der Waals surface area contributed by atoms with Gasteiger partial charge in [0.1, 0.15) is 12.4 Å². The zero-order valence-electron chi connectivity index (χ0n) is 11.1. The Morgan fingerprint density at radius 2 is 2.05 bits per heavy atom. The molecule has 1 aliphatic rings. The molecule has 0 radical (unpaired) electrons. The number of carbonyl (C=O) groups excluding carboxylic acids is 1. The quantitative estimate of drug-likeness (QED) is 0.466. The smallest absolute Gasteiger partial charge is 0.249 e. The van der Waals surface area contributed by atoms with Crippen LogP contribution in [-0.4, -0.2) is 50.3 Å². The summed E-state index contributed by atoms with van der Waals surface area (Å²) >= 11 is 0. The second-order valence-electron chi connectivity index (χ2n) is 4.32. The molecule has 106 valence electrons. The SMILES string of the molecule is [N-]=[N+]=NC(=O)c1ccc(OCCN2CCOCC2)cc1. The molecule has 7 heteroatoms.